The van der Waals surface area contributed by atoms with Gasteiger partial charge in [0.05, 0.1) is 17.7 Å². The van der Waals surface area contributed by atoms with Gasteiger partial charge in [0.15, 0.2) is 0 Å². The van der Waals surface area contributed by atoms with Crippen molar-refractivity contribution >= 4 is 5.71 Å². The lowest BCUT2D eigenvalue weighted by molar-refractivity contribution is 0.626. The molecular formula is C10H15N3. The molecule has 0 aromatic carbocycles. The molecule has 0 fully saturated rings. The van der Waals surface area contributed by atoms with E-state index < -0.39 is 0 Å². The minimum atomic E-state index is 0.0239. The number of hydrazone groups is 1. The van der Waals surface area contributed by atoms with Gasteiger partial charge in [-0.3, -0.25) is 0 Å². The van der Waals surface area contributed by atoms with Crippen LogP contribution in [0.4, 0.5) is 0 Å². The average molecular weight is 177 g/mol. The van der Waals surface area contributed by atoms with Crippen LogP contribution in [0, 0.1) is 17.2 Å². The van der Waals surface area contributed by atoms with E-state index in [0.29, 0.717) is 6.54 Å². The third-order valence-electron chi connectivity index (χ3n) is 2.03. The number of allylic oxidation sites excluding steroid dienone is 2. The van der Waals surface area contributed by atoms with Crippen LogP contribution < -0.4 is 5.43 Å². The van der Waals surface area contributed by atoms with Gasteiger partial charge in [-0.2, -0.15) is 10.4 Å². The second-order valence-electron chi connectivity index (χ2n) is 3.49. The smallest absolute Gasteiger partial charge is 0.0672 e. The number of hydrogen-bond acceptors (Lipinski definition) is 3. The summed E-state index contributed by atoms with van der Waals surface area (Å²) in [6, 6.07) is 2.15. The summed E-state index contributed by atoms with van der Waals surface area (Å²) >= 11 is 0. The Morgan fingerprint density at radius 2 is 2.46 bits per heavy atom. The largest absolute Gasteiger partial charge is 0.309 e. The van der Waals surface area contributed by atoms with Gasteiger partial charge in [-0.25, -0.2) is 0 Å². The van der Waals surface area contributed by atoms with Crippen molar-refractivity contribution < 1.29 is 0 Å². The Bertz CT molecular complexity index is 270. The SMILES string of the molecule is CC1=C/C(=N/NCC(C)C#N)CC1. The molecule has 13 heavy (non-hydrogen) atoms. The van der Waals surface area contributed by atoms with Crippen LogP contribution in [0.25, 0.3) is 0 Å². The highest BCUT2D eigenvalue weighted by Gasteiger charge is 2.06. The Kier molecular flexibility index (Phi) is 3.51. The fraction of sp³-hybridized carbons (Fsp3) is 0.600. The molecule has 1 N–H and O–H groups in total. The molecule has 1 unspecified atom stereocenters. The summed E-state index contributed by atoms with van der Waals surface area (Å²) in [6.07, 6.45) is 4.25. The van der Waals surface area contributed by atoms with Crippen molar-refractivity contribution in [3.05, 3.63) is 11.6 Å². The Hall–Kier alpha value is -1.30. The zero-order chi connectivity index (χ0) is 9.68. The lowest BCUT2D eigenvalue weighted by Crippen LogP contribution is -2.15. The first kappa shape index (κ1) is 9.79. The van der Waals surface area contributed by atoms with Crippen molar-refractivity contribution in [3.63, 3.8) is 0 Å². The van der Waals surface area contributed by atoms with E-state index in [2.05, 4.69) is 29.6 Å². The van der Waals surface area contributed by atoms with Crippen molar-refractivity contribution in [1.82, 2.24) is 5.43 Å². The molecule has 0 radical (unpaired) electrons. The molecule has 0 spiro atoms. The number of hydrogen-bond donors (Lipinski definition) is 1. The number of nitrogens with zero attached hydrogens (tertiary/aromatic N) is 2. The second kappa shape index (κ2) is 4.66. The van der Waals surface area contributed by atoms with Crippen LogP contribution in [0.5, 0.6) is 0 Å². The third kappa shape index (κ3) is 3.29. The molecular weight excluding hydrogens is 162 g/mol. The van der Waals surface area contributed by atoms with Crippen LogP contribution in [-0.4, -0.2) is 12.3 Å². The Morgan fingerprint density at radius 3 is 3.00 bits per heavy atom. The highest BCUT2D eigenvalue weighted by atomic mass is 15.3. The zero-order valence-corrected chi connectivity index (χ0v) is 8.17. The summed E-state index contributed by atoms with van der Waals surface area (Å²) in [4.78, 5) is 0. The molecule has 0 amide bonds. The summed E-state index contributed by atoms with van der Waals surface area (Å²) in [5, 5.41) is 12.7. The monoisotopic (exact) mass is 177 g/mol. The maximum atomic E-state index is 8.52. The Labute approximate surface area is 79.1 Å². The van der Waals surface area contributed by atoms with Gasteiger partial charge in [0.1, 0.15) is 0 Å². The van der Waals surface area contributed by atoms with Crippen LogP contribution in [0.3, 0.4) is 0 Å². The number of nitriles is 1. The number of nitrogens with one attached hydrogen (secondary N) is 1. The van der Waals surface area contributed by atoms with Gasteiger partial charge in [0.25, 0.3) is 0 Å². The average Bonchev–Trinajstić information content (AvgIpc) is 2.51. The van der Waals surface area contributed by atoms with E-state index in [-0.39, 0.29) is 5.92 Å². The second-order valence-corrected chi connectivity index (χ2v) is 3.49. The van der Waals surface area contributed by atoms with Crippen molar-refractivity contribution in [2.75, 3.05) is 6.54 Å². The molecule has 3 heteroatoms. The first-order valence-electron chi connectivity index (χ1n) is 4.58. The van der Waals surface area contributed by atoms with Gasteiger partial charge in [-0.05, 0) is 32.8 Å². The molecule has 0 heterocycles. The lowest BCUT2D eigenvalue weighted by atomic mass is 10.2. The molecule has 0 saturated carbocycles. The lowest BCUT2D eigenvalue weighted by Gasteiger charge is -2.01. The van der Waals surface area contributed by atoms with E-state index in [1.54, 1.807) is 0 Å². The maximum absolute atomic E-state index is 8.52. The van der Waals surface area contributed by atoms with Gasteiger partial charge in [-0.15, -0.1) is 0 Å². The molecule has 1 aliphatic carbocycles. The molecule has 0 aromatic heterocycles. The van der Waals surface area contributed by atoms with Crippen LogP contribution in [0.1, 0.15) is 26.7 Å². The van der Waals surface area contributed by atoms with Gasteiger partial charge >= 0.3 is 0 Å². The van der Waals surface area contributed by atoms with Gasteiger partial charge in [0, 0.05) is 6.54 Å². The summed E-state index contributed by atoms with van der Waals surface area (Å²) < 4.78 is 0. The molecule has 0 aliphatic heterocycles. The summed E-state index contributed by atoms with van der Waals surface area (Å²) in [6.45, 7) is 4.62. The van der Waals surface area contributed by atoms with E-state index in [9.17, 15) is 0 Å². The number of rotatable bonds is 3. The first-order chi connectivity index (χ1) is 6.22. The van der Waals surface area contributed by atoms with Crippen LogP contribution >= 0.6 is 0 Å². The van der Waals surface area contributed by atoms with E-state index in [0.717, 1.165) is 18.6 Å². The molecule has 70 valence electrons. The highest BCUT2D eigenvalue weighted by molar-refractivity contribution is 5.97. The van der Waals surface area contributed by atoms with E-state index in [1.807, 2.05) is 6.92 Å². The van der Waals surface area contributed by atoms with E-state index in [1.165, 1.54) is 5.57 Å². The molecule has 1 aliphatic rings. The summed E-state index contributed by atoms with van der Waals surface area (Å²) in [5.41, 5.74) is 5.40. The minimum absolute atomic E-state index is 0.0239. The fourth-order valence-corrected chi connectivity index (χ4v) is 1.17. The van der Waals surface area contributed by atoms with Crippen molar-refractivity contribution in [2.24, 2.45) is 11.0 Å². The molecule has 1 rings (SSSR count). The van der Waals surface area contributed by atoms with Crippen molar-refractivity contribution in [3.8, 4) is 6.07 Å². The fourth-order valence-electron chi connectivity index (χ4n) is 1.17. The van der Waals surface area contributed by atoms with Gasteiger partial charge in [-0.1, -0.05) is 5.57 Å². The molecule has 3 nitrogen and oxygen atoms in total. The molecule has 1 atom stereocenters. The molecule has 0 saturated heterocycles. The van der Waals surface area contributed by atoms with Crippen molar-refractivity contribution in [2.45, 2.75) is 26.7 Å². The van der Waals surface area contributed by atoms with Crippen molar-refractivity contribution in [1.29, 1.82) is 5.26 Å². The quantitative estimate of drug-likeness (QED) is 0.668. The molecule has 0 aromatic rings. The van der Waals surface area contributed by atoms with Crippen LogP contribution in [0.15, 0.2) is 16.8 Å². The topological polar surface area (TPSA) is 48.2 Å². The van der Waals surface area contributed by atoms with Crippen LogP contribution in [0.2, 0.25) is 0 Å². The standard InChI is InChI=1S/C10H15N3/c1-8-3-4-10(5-8)13-12-7-9(2)6-11/h5,9,12H,3-4,7H2,1-2H3/b13-10+. The Balaban J connectivity index is 2.30. The Morgan fingerprint density at radius 1 is 1.69 bits per heavy atom. The predicted octanol–water partition coefficient (Wildman–Crippen LogP) is 1.83. The van der Waals surface area contributed by atoms with Gasteiger partial charge < -0.3 is 5.43 Å². The molecule has 0 bridgehead atoms. The van der Waals surface area contributed by atoms with Gasteiger partial charge in [0.2, 0.25) is 0 Å². The normalized spacial score (nSPS) is 21.0. The van der Waals surface area contributed by atoms with E-state index in [4.69, 9.17) is 5.26 Å². The predicted molar refractivity (Wildman–Crippen MR) is 53.2 cm³/mol. The maximum Gasteiger partial charge on any atom is 0.0672 e. The summed E-state index contributed by atoms with van der Waals surface area (Å²) in [5.74, 6) is 0.0239. The zero-order valence-electron chi connectivity index (χ0n) is 8.17. The highest BCUT2D eigenvalue weighted by Crippen LogP contribution is 2.14. The van der Waals surface area contributed by atoms with E-state index >= 15 is 0 Å². The third-order valence-corrected chi connectivity index (χ3v) is 2.03. The minimum Gasteiger partial charge on any atom is -0.309 e. The van der Waals surface area contributed by atoms with Crippen LogP contribution in [-0.2, 0) is 0 Å². The summed E-state index contributed by atoms with van der Waals surface area (Å²) in [7, 11) is 0. The first-order valence-corrected chi connectivity index (χ1v) is 4.58.